The molecule has 0 N–H and O–H groups in total. The van der Waals surface area contributed by atoms with Crippen LogP contribution in [-0.4, -0.2) is 23.3 Å². The minimum Gasteiger partial charge on any atom is -0.388 e. The average molecular weight is 164 g/mol. The van der Waals surface area contributed by atoms with Gasteiger partial charge < -0.3 is 4.74 Å². The average Bonchev–Trinajstić information content (AvgIpc) is 1.95. The summed E-state index contributed by atoms with van der Waals surface area (Å²) < 4.78 is 29.7. The second kappa shape index (κ2) is 1.78. The van der Waals surface area contributed by atoms with Crippen LogP contribution in [0.3, 0.4) is 0 Å². The highest BCUT2D eigenvalue weighted by molar-refractivity contribution is 6.04. The molecule has 0 aromatic rings. The van der Waals surface area contributed by atoms with Crippen LogP contribution in [0.1, 0.15) is 13.8 Å². The summed E-state index contributed by atoms with van der Waals surface area (Å²) in [5.41, 5.74) is -5.71. The predicted molar refractivity (Wildman–Crippen MR) is 30.1 cm³/mol. The molecule has 62 valence electrons. The fourth-order valence-corrected chi connectivity index (χ4v) is 0.659. The monoisotopic (exact) mass is 164 g/mol. The van der Waals surface area contributed by atoms with E-state index in [2.05, 4.69) is 4.74 Å². The van der Waals surface area contributed by atoms with Gasteiger partial charge in [-0.15, -0.1) is 0 Å². The Morgan fingerprint density at radius 2 is 1.36 bits per heavy atom. The largest absolute Gasteiger partial charge is 0.388 e. The molecule has 1 rings (SSSR count). The zero-order chi connectivity index (χ0) is 8.86. The van der Waals surface area contributed by atoms with Gasteiger partial charge in [0.05, 0.1) is 0 Å². The van der Waals surface area contributed by atoms with Crippen LogP contribution in [0.25, 0.3) is 0 Å². The molecule has 11 heavy (non-hydrogen) atoms. The van der Waals surface area contributed by atoms with Gasteiger partial charge in [-0.1, -0.05) is 0 Å². The van der Waals surface area contributed by atoms with Crippen molar-refractivity contribution >= 4 is 11.9 Å². The Morgan fingerprint density at radius 3 is 1.45 bits per heavy atom. The lowest BCUT2D eigenvalue weighted by Gasteiger charge is -2.17. The van der Waals surface area contributed by atoms with Crippen LogP contribution in [0.15, 0.2) is 0 Å². The molecule has 0 aromatic carbocycles. The predicted octanol–water partition coefficient (Wildman–Crippen LogP) is 0.526. The molecule has 0 radical (unpaired) electrons. The number of hydrogen-bond donors (Lipinski definition) is 0. The topological polar surface area (TPSA) is 43.4 Å². The van der Waals surface area contributed by atoms with Crippen LogP contribution in [-0.2, 0) is 14.3 Å². The Balaban J connectivity index is 3.15. The van der Waals surface area contributed by atoms with Crippen molar-refractivity contribution in [3.05, 3.63) is 0 Å². The van der Waals surface area contributed by atoms with E-state index in [1.165, 1.54) is 0 Å². The second-order valence-corrected chi connectivity index (χ2v) is 2.68. The molecular weight excluding hydrogens is 158 g/mol. The van der Waals surface area contributed by atoms with Gasteiger partial charge in [0.1, 0.15) is 0 Å². The van der Waals surface area contributed by atoms with Gasteiger partial charge in [0.15, 0.2) is 0 Å². The number of ether oxygens (including phenoxy) is 1. The summed E-state index contributed by atoms with van der Waals surface area (Å²) in [5.74, 6) is -2.93. The molecule has 0 aromatic heterocycles. The molecule has 1 heterocycles. The van der Waals surface area contributed by atoms with Crippen molar-refractivity contribution in [3.8, 4) is 0 Å². The van der Waals surface area contributed by atoms with Crippen LogP contribution in [0.5, 0.6) is 0 Å². The summed E-state index contributed by atoms with van der Waals surface area (Å²) in [6.07, 6.45) is 0. The maximum Gasteiger partial charge on any atom is 0.355 e. The van der Waals surface area contributed by atoms with Crippen molar-refractivity contribution < 1.29 is 23.1 Å². The number of rotatable bonds is 0. The molecule has 1 aliphatic rings. The van der Waals surface area contributed by atoms with Crippen LogP contribution in [0, 0.1) is 0 Å². The van der Waals surface area contributed by atoms with E-state index in [1.54, 1.807) is 0 Å². The Morgan fingerprint density at radius 1 is 1.09 bits per heavy atom. The molecule has 0 spiro atoms. The van der Waals surface area contributed by atoms with Crippen molar-refractivity contribution in [2.45, 2.75) is 25.2 Å². The van der Waals surface area contributed by atoms with Gasteiger partial charge in [-0.25, -0.2) is 18.4 Å². The Labute approximate surface area is 61.3 Å². The molecule has 0 aliphatic carbocycles. The summed E-state index contributed by atoms with van der Waals surface area (Å²) in [5, 5.41) is 0. The number of hydrogen-bond acceptors (Lipinski definition) is 3. The van der Waals surface area contributed by atoms with E-state index in [1.807, 2.05) is 0 Å². The van der Waals surface area contributed by atoms with E-state index >= 15 is 0 Å². The number of alkyl halides is 2. The molecule has 1 aliphatic heterocycles. The maximum absolute atomic E-state index is 13.0. The van der Waals surface area contributed by atoms with E-state index in [-0.39, 0.29) is 0 Å². The fourth-order valence-electron chi connectivity index (χ4n) is 0.659. The summed E-state index contributed by atoms with van der Waals surface area (Å²) in [4.78, 5) is 20.9. The van der Waals surface area contributed by atoms with Gasteiger partial charge in [0.2, 0.25) is 11.3 Å². The second-order valence-electron chi connectivity index (χ2n) is 2.68. The molecule has 0 bridgehead atoms. The quantitative estimate of drug-likeness (QED) is 0.387. The van der Waals surface area contributed by atoms with Crippen molar-refractivity contribution in [2.75, 3.05) is 0 Å². The van der Waals surface area contributed by atoms with Crippen LogP contribution in [0.4, 0.5) is 8.78 Å². The van der Waals surface area contributed by atoms with Gasteiger partial charge in [0.25, 0.3) is 0 Å². The highest BCUT2D eigenvalue weighted by Crippen LogP contribution is 2.38. The lowest BCUT2D eigenvalue weighted by Crippen LogP contribution is -2.45. The van der Waals surface area contributed by atoms with E-state index in [0.717, 1.165) is 0 Å². The first kappa shape index (κ1) is 8.10. The number of halogens is 2. The first-order valence-electron chi connectivity index (χ1n) is 2.94. The molecule has 1 fully saturated rings. The first-order chi connectivity index (χ1) is 4.80. The van der Waals surface area contributed by atoms with E-state index in [9.17, 15) is 18.4 Å². The van der Waals surface area contributed by atoms with Crippen molar-refractivity contribution in [2.24, 2.45) is 0 Å². The zero-order valence-electron chi connectivity index (χ0n) is 5.98. The minimum atomic E-state index is -2.86. The number of cyclic esters (lactones) is 2. The van der Waals surface area contributed by atoms with E-state index < -0.39 is 23.3 Å². The lowest BCUT2D eigenvalue weighted by molar-refractivity contribution is -0.156. The summed E-state index contributed by atoms with van der Waals surface area (Å²) in [6, 6.07) is 0. The van der Waals surface area contributed by atoms with Gasteiger partial charge in [-0.3, -0.25) is 0 Å². The van der Waals surface area contributed by atoms with Crippen molar-refractivity contribution in [1.29, 1.82) is 0 Å². The highest BCUT2D eigenvalue weighted by Gasteiger charge is 2.66. The summed E-state index contributed by atoms with van der Waals surface area (Å²) in [7, 11) is 0. The van der Waals surface area contributed by atoms with Gasteiger partial charge in [0, 0.05) is 0 Å². The maximum atomic E-state index is 13.0. The fraction of sp³-hybridized carbons (Fsp3) is 0.667. The van der Waals surface area contributed by atoms with Crippen molar-refractivity contribution in [1.82, 2.24) is 0 Å². The standard InChI is InChI=1S/C6H6F2O3/c1-5(7)3(9)11-4(10)6(5,2)8/h1-2H3. The molecule has 1 saturated heterocycles. The normalized spacial score (nSPS) is 44.4. The molecule has 0 saturated carbocycles. The molecule has 5 heteroatoms. The SMILES string of the molecule is CC1(F)C(=O)OC(=O)C1(C)F. The number of carbonyl (C=O) groups excluding carboxylic acids is 2. The number of carbonyl (C=O) groups is 2. The Kier molecular flexibility index (Phi) is 1.31. The van der Waals surface area contributed by atoms with Crippen molar-refractivity contribution in [3.63, 3.8) is 0 Å². The molecule has 2 unspecified atom stereocenters. The first-order valence-corrected chi connectivity index (χ1v) is 2.94. The van der Waals surface area contributed by atoms with E-state index in [0.29, 0.717) is 13.8 Å². The molecule has 3 nitrogen and oxygen atoms in total. The minimum absolute atomic E-state index is 0.681. The highest BCUT2D eigenvalue weighted by atomic mass is 19.2. The van der Waals surface area contributed by atoms with Gasteiger partial charge in [-0.05, 0) is 13.8 Å². The van der Waals surface area contributed by atoms with E-state index in [4.69, 9.17) is 0 Å². The van der Waals surface area contributed by atoms with Crippen LogP contribution >= 0.6 is 0 Å². The summed E-state index contributed by atoms with van der Waals surface area (Å²) >= 11 is 0. The third-order valence-electron chi connectivity index (χ3n) is 1.83. The molecule has 0 amide bonds. The Bertz CT molecular complexity index is 208. The summed E-state index contributed by atoms with van der Waals surface area (Å²) in [6.45, 7) is 1.36. The van der Waals surface area contributed by atoms with Gasteiger partial charge in [-0.2, -0.15) is 0 Å². The van der Waals surface area contributed by atoms with Crippen LogP contribution in [0.2, 0.25) is 0 Å². The molecule has 2 atom stereocenters. The third-order valence-corrected chi connectivity index (χ3v) is 1.83. The smallest absolute Gasteiger partial charge is 0.355 e. The Hall–Kier alpha value is -1.00. The van der Waals surface area contributed by atoms with Crippen LogP contribution < -0.4 is 0 Å². The molecular formula is C6H6F2O3. The number of esters is 2. The zero-order valence-corrected chi connectivity index (χ0v) is 5.98. The lowest BCUT2D eigenvalue weighted by atomic mass is 9.92. The van der Waals surface area contributed by atoms with Gasteiger partial charge >= 0.3 is 11.9 Å². The third kappa shape index (κ3) is 0.766.